The molecule has 7 heteroatoms. The molecule has 28 heavy (non-hydrogen) atoms. The average Bonchev–Trinajstić information content (AvgIpc) is 3.33. The van der Waals surface area contributed by atoms with Crippen molar-refractivity contribution in [3.8, 4) is 5.69 Å². The zero-order valence-corrected chi connectivity index (χ0v) is 16.8. The Morgan fingerprint density at radius 3 is 2.71 bits per heavy atom. The van der Waals surface area contributed by atoms with Gasteiger partial charge >= 0.3 is 0 Å². The fourth-order valence-electron chi connectivity index (χ4n) is 2.98. The van der Waals surface area contributed by atoms with Crippen molar-refractivity contribution in [1.29, 1.82) is 0 Å². The Hall–Kier alpha value is -3.19. The monoisotopic (exact) mass is 435 g/mol. The second kappa shape index (κ2) is 7.82. The summed E-state index contributed by atoms with van der Waals surface area (Å²) < 4.78 is 4.71. The van der Waals surface area contributed by atoms with Gasteiger partial charge in [0.2, 0.25) is 0 Å². The first-order valence-electron chi connectivity index (χ1n) is 8.77. The van der Waals surface area contributed by atoms with Gasteiger partial charge in [0.15, 0.2) is 0 Å². The molecular weight excluding hydrogens is 418 g/mol. The van der Waals surface area contributed by atoms with Gasteiger partial charge in [0.1, 0.15) is 0 Å². The lowest BCUT2D eigenvalue weighted by molar-refractivity contribution is 0.102. The molecule has 0 fully saturated rings. The fraction of sp³-hybridized carbons (Fsp3) is 0.0952. The molecule has 0 aliphatic rings. The standard InChI is InChI=1S/C21H18BrN5O/c1-15-20(12-24-27(15)19-4-2-3-17(22)11-19)21(28)25-18-7-5-16(6-8-18)13-26-10-9-23-14-26/h2-12,14H,13H2,1H3,(H,25,28). The number of anilines is 1. The summed E-state index contributed by atoms with van der Waals surface area (Å²) in [6.07, 6.45) is 7.05. The van der Waals surface area contributed by atoms with E-state index in [4.69, 9.17) is 0 Å². The van der Waals surface area contributed by atoms with Crippen LogP contribution in [0, 0.1) is 6.92 Å². The number of nitrogens with one attached hydrogen (secondary N) is 1. The molecule has 0 aliphatic carbocycles. The quantitative estimate of drug-likeness (QED) is 0.503. The lowest BCUT2D eigenvalue weighted by Gasteiger charge is -2.08. The molecule has 0 atom stereocenters. The Balaban J connectivity index is 1.48. The summed E-state index contributed by atoms with van der Waals surface area (Å²) in [4.78, 5) is 16.7. The minimum atomic E-state index is -0.180. The minimum absolute atomic E-state index is 0.180. The van der Waals surface area contributed by atoms with Gasteiger partial charge < -0.3 is 9.88 Å². The van der Waals surface area contributed by atoms with Crippen molar-refractivity contribution in [3.63, 3.8) is 0 Å². The maximum Gasteiger partial charge on any atom is 0.259 e. The van der Waals surface area contributed by atoms with Crippen LogP contribution >= 0.6 is 15.9 Å². The first kappa shape index (κ1) is 18.2. The highest BCUT2D eigenvalue weighted by Gasteiger charge is 2.15. The molecule has 4 rings (SSSR count). The molecule has 2 aromatic heterocycles. The summed E-state index contributed by atoms with van der Waals surface area (Å²) in [5, 5.41) is 7.31. The maximum absolute atomic E-state index is 12.7. The molecule has 0 saturated carbocycles. The molecule has 0 spiro atoms. The van der Waals surface area contributed by atoms with Crippen molar-refractivity contribution in [2.45, 2.75) is 13.5 Å². The smallest absolute Gasteiger partial charge is 0.259 e. The van der Waals surface area contributed by atoms with Crippen LogP contribution in [0.5, 0.6) is 0 Å². The molecule has 0 bridgehead atoms. The zero-order valence-electron chi connectivity index (χ0n) is 15.2. The summed E-state index contributed by atoms with van der Waals surface area (Å²) in [6.45, 7) is 2.63. The van der Waals surface area contributed by atoms with Gasteiger partial charge in [0, 0.05) is 29.1 Å². The SMILES string of the molecule is Cc1c(C(=O)Nc2ccc(Cn3ccnc3)cc2)cnn1-c1cccc(Br)c1. The van der Waals surface area contributed by atoms with Crippen LogP contribution in [0.15, 0.2) is 77.9 Å². The lowest BCUT2D eigenvalue weighted by Crippen LogP contribution is -2.13. The number of aromatic nitrogens is 4. The molecule has 140 valence electrons. The molecule has 2 heterocycles. The Morgan fingerprint density at radius 2 is 2.00 bits per heavy atom. The van der Waals surface area contributed by atoms with Crippen molar-refractivity contribution in [2.75, 3.05) is 5.32 Å². The van der Waals surface area contributed by atoms with Gasteiger partial charge in [-0.1, -0.05) is 34.1 Å². The van der Waals surface area contributed by atoms with Crippen LogP contribution in [0.3, 0.4) is 0 Å². The van der Waals surface area contributed by atoms with Gasteiger partial charge in [0.25, 0.3) is 5.91 Å². The fourth-order valence-corrected chi connectivity index (χ4v) is 3.37. The number of hydrogen-bond acceptors (Lipinski definition) is 3. The van der Waals surface area contributed by atoms with Crippen molar-refractivity contribution < 1.29 is 4.79 Å². The number of imidazole rings is 1. The van der Waals surface area contributed by atoms with E-state index in [0.29, 0.717) is 5.56 Å². The Labute approximate surface area is 171 Å². The highest BCUT2D eigenvalue weighted by Crippen LogP contribution is 2.19. The van der Waals surface area contributed by atoms with E-state index in [2.05, 4.69) is 31.3 Å². The number of rotatable bonds is 5. The van der Waals surface area contributed by atoms with E-state index >= 15 is 0 Å². The molecule has 0 aliphatic heterocycles. The van der Waals surface area contributed by atoms with E-state index < -0.39 is 0 Å². The molecule has 0 unspecified atom stereocenters. The maximum atomic E-state index is 12.7. The van der Waals surface area contributed by atoms with Gasteiger partial charge in [-0.15, -0.1) is 0 Å². The number of amides is 1. The third-order valence-electron chi connectivity index (χ3n) is 4.44. The van der Waals surface area contributed by atoms with Gasteiger partial charge in [0.05, 0.1) is 29.5 Å². The average molecular weight is 436 g/mol. The van der Waals surface area contributed by atoms with Crippen LogP contribution in [0.4, 0.5) is 5.69 Å². The number of benzene rings is 2. The van der Waals surface area contributed by atoms with E-state index in [9.17, 15) is 4.79 Å². The van der Waals surface area contributed by atoms with Gasteiger partial charge in [-0.05, 0) is 42.8 Å². The van der Waals surface area contributed by atoms with Crippen LogP contribution in [0.25, 0.3) is 5.69 Å². The minimum Gasteiger partial charge on any atom is -0.333 e. The van der Waals surface area contributed by atoms with E-state index in [1.165, 1.54) is 0 Å². The number of carbonyl (C=O) groups is 1. The van der Waals surface area contributed by atoms with Crippen LogP contribution < -0.4 is 5.32 Å². The second-order valence-electron chi connectivity index (χ2n) is 6.42. The molecule has 0 radical (unpaired) electrons. The van der Waals surface area contributed by atoms with Crippen LogP contribution in [0.1, 0.15) is 21.6 Å². The van der Waals surface area contributed by atoms with Gasteiger partial charge in [-0.25, -0.2) is 9.67 Å². The lowest BCUT2D eigenvalue weighted by atomic mass is 10.2. The van der Waals surface area contributed by atoms with Crippen molar-refractivity contribution in [3.05, 3.63) is 94.7 Å². The van der Waals surface area contributed by atoms with Gasteiger partial charge in [-0.3, -0.25) is 4.79 Å². The largest absolute Gasteiger partial charge is 0.333 e. The van der Waals surface area contributed by atoms with Crippen LogP contribution in [-0.2, 0) is 6.54 Å². The number of halogens is 1. The van der Waals surface area contributed by atoms with Crippen molar-refractivity contribution in [2.24, 2.45) is 0 Å². The highest BCUT2D eigenvalue weighted by atomic mass is 79.9. The number of carbonyl (C=O) groups excluding carboxylic acids is 1. The van der Waals surface area contributed by atoms with Crippen LogP contribution in [-0.4, -0.2) is 25.2 Å². The van der Waals surface area contributed by atoms with E-state index in [-0.39, 0.29) is 5.91 Å². The number of nitrogens with zero attached hydrogens (tertiary/aromatic N) is 4. The van der Waals surface area contributed by atoms with E-state index in [1.807, 2.05) is 66.2 Å². The van der Waals surface area contributed by atoms with Crippen molar-refractivity contribution in [1.82, 2.24) is 19.3 Å². The highest BCUT2D eigenvalue weighted by molar-refractivity contribution is 9.10. The van der Waals surface area contributed by atoms with E-state index in [1.54, 1.807) is 23.4 Å². The first-order valence-corrected chi connectivity index (χ1v) is 9.56. The first-order chi connectivity index (χ1) is 13.6. The normalized spacial score (nSPS) is 10.8. The third-order valence-corrected chi connectivity index (χ3v) is 4.94. The van der Waals surface area contributed by atoms with Gasteiger partial charge in [-0.2, -0.15) is 5.10 Å². The Kier molecular flexibility index (Phi) is 5.08. The second-order valence-corrected chi connectivity index (χ2v) is 7.34. The topological polar surface area (TPSA) is 64.7 Å². The molecule has 1 N–H and O–H groups in total. The van der Waals surface area contributed by atoms with Crippen LogP contribution in [0.2, 0.25) is 0 Å². The predicted octanol–water partition coefficient (Wildman–Crippen LogP) is 4.44. The molecule has 6 nitrogen and oxygen atoms in total. The molecular formula is C21H18BrN5O. The predicted molar refractivity (Wildman–Crippen MR) is 112 cm³/mol. The zero-order chi connectivity index (χ0) is 19.5. The third kappa shape index (κ3) is 3.89. The molecule has 0 saturated heterocycles. The molecule has 1 amide bonds. The van der Waals surface area contributed by atoms with E-state index in [0.717, 1.165) is 33.6 Å². The Bertz CT molecular complexity index is 1100. The summed E-state index contributed by atoms with van der Waals surface area (Å²) in [5.74, 6) is -0.180. The Morgan fingerprint density at radius 1 is 1.18 bits per heavy atom. The summed E-state index contributed by atoms with van der Waals surface area (Å²) >= 11 is 3.46. The number of hydrogen-bond donors (Lipinski definition) is 1. The van der Waals surface area contributed by atoms with Crippen molar-refractivity contribution >= 4 is 27.5 Å². The summed E-state index contributed by atoms with van der Waals surface area (Å²) in [7, 11) is 0. The summed E-state index contributed by atoms with van der Waals surface area (Å²) in [5.41, 5.74) is 4.10. The molecule has 4 aromatic rings. The molecule has 2 aromatic carbocycles. The summed E-state index contributed by atoms with van der Waals surface area (Å²) in [6, 6.07) is 15.6.